The smallest absolute Gasteiger partial charge is 0.236 e. The number of aromatic nitrogens is 1. The molecule has 6 heteroatoms. The molecule has 4 rings (SSSR count). The predicted octanol–water partition coefficient (Wildman–Crippen LogP) is 3.26. The van der Waals surface area contributed by atoms with E-state index in [1.54, 1.807) is 24.5 Å². The Morgan fingerprint density at radius 1 is 0.938 bits per heavy atom. The Hall–Kier alpha value is -3.22. The number of rotatable bonds is 8. The number of phenolic OH excluding ortho intramolecular Hbond substituents is 1. The first-order valence-electron chi connectivity index (χ1n) is 11.0. The molecule has 32 heavy (non-hydrogen) atoms. The minimum absolute atomic E-state index is 0.107. The van der Waals surface area contributed by atoms with Gasteiger partial charge < -0.3 is 14.7 Å². The largest absolute Gasteiger partial charge is 0.508 e. The van der Waals surface area contributed by atoms with E-state index in [1.807, 2.05) is 47.4 Å². The van der Waals surface area contributed by atoms with Crippen LogP contribution in [0.25, 0.3) is 0 Å². The molecule has 0 spiro atoms. The van der Waals surface area contributed by atoms with Gasteiger partial charge in [0, 0.05) is 38.6 Å². The van der Waals surface area contributed by atoms with Crippen LogP contribution in [0, 0.1) is 0 Å². The third-order valence-corrected chi connectivity index (χ3v) is 5.66. The summed E-state index contributed by atoms with van der Waals surface area (Å²) in [5.74, 6) is 0.342. The number of aromatic hydroxyl groups is 1. The summed E-state index contributed by atoms with van der Waals surface area (Å²) in [6.45, 7) is 3.27. The molecule has 3 aromatic rings. The zero-order valence-corrected chi connectivity index (χ0v) is 18.1. The highest BCUT2D eigenvalue weighted by Crippen LogP contribution is 2.17. The lowest BCUT2D eigenvalue weighted by Crippen LogP contribution is -2.39. The SMILES string of the molecule is O=C1CN(Cc2cccc(O)c2)CC(OCc2ccncc2)CN1CCc1ccccc1. The van der Waals surface area contributed by atoms with Gasteiger partial charge in [-0.25, -0.2) is 0 Å². The fraction of sp³-hybridized carbons (Fsp3) is 0.308. The summed E-state index contributed by atoms with van der Waals surface area (Å²) in [6, 6.07) is 21.3. The van der Waals surface area contributed by atoms with Gasteiger partial charge in [-0.15, -0.1) is 0 Å². The second-order valence-corrected chi connectivity index (χ2v) is 8.20. The number of phenols is 1. The summed E-state index contributed by atoms with van der Waals surface area (Å²) < 4.78 is 6.26. The zero-order valence-electron chi connectivity index (χ0n) is 18.1. The molecule has 2 heterocycles. The molecule has 6 nitrogen and oxygen atoms in total. The van der Waals surface area contributed by atoms with Crippen LogP contribution in [0.3, 0.4) is 0 Å². The van der Waals surface area contributed by atoms with E-state index in [2.05, 4.69) is 22.0 Å². The van der Waals surface area contributed by atoms with Crippen molar-refractivity contribution in [3.8, 4) is 5.75 Å². The Kier molecular flexibility index (Phi) is 7.48. The van der Waals surface area contributed by atoms with E-state index in [4.69, 9.17) is 4.74 Å². The Balaban J connectivity index is 1.45. The fourth-order valence-electron chi connectivity index (χ4n) is 4.01. The standard InChI is InChI=1S/C26H29N3O3/c30-24-8-4-7-23(15-24)16-28-17-25(32-20-22-9-12-27-13-10-22)18-29(26(31)19-28)14-11-21-5-2-1-3-6-21/h1-10,12-13,15,25,30H,11,14,16-20H2. The van der Waals surface area contributed by atoms with Crippen LogP contribution in [-0.2, 0) is 29.1 Å². The van der Waals surface area contributed by atoms with E-state index in [-0.39, 0.29) is 17.8 Å². The molecular formula is C26H29N3O3. The topological polar surface area (TPSA) is 65.9 Å². The maximum atomic E-state index is 13.1. The molecular weight excluding hydrogens is 402 g/mol. The molecule has 1 aliphatic rings. The van der Waals surface area contributed by atoms with Gasteiger partial charge in [-0.3, -0.25) is 14.7 Å². The normalized spacial score (nSPS) is 17.3. The van der Waals surface area contributed by atoms with Crippen molar-refractivity contribution in [2.75, 3.05) is 26.2 Å². The van der Waals surface area contributed by atoms with E-state index in [0.29, 0.717) is 39.3 Å². The molecule has 1 fully saturated rings. The number of hydrogen-bond acceptors (Lipinski definition) is 5. The summed E-state index contributed by atoms with van der Waals surface area (Å²) in [7, 11) is 0. The van der Waals surface area contributed by atoms with Crippen LogP contribution in [0.5, 0.6) is 5.75 Å². The van der Waals surface area contributed by atoms with E-state index in [0.717, 1.165) is 17.5 Å². The molecule has 0 bridgehead atoms. The molecule has 1 N–H and O–H groups in total. The first-order valence-corrected chi connectivity index (χ1v) is 11.0. The van der Waals surface area contributed by atoms with Gasteiger partial charge in [-0.05, 0) is 47.4 Å². The van der Waals surface area contributed by atoms with Gasteiger partial charge in [0.2, 0.25) is 5.91 Å². The summed E-state index contributed by atoms with van der Waals surface area (Å²) in [5, 5.41) is 9.81. The highest BCUT2D eigenvalue weighted by atomic mass is 16.5. The minimum atomic E-state index is -0.109. The number of nitrogens with zero attached hydrogens (tertiary/aromatic N) is 3. The van der Waals surface area contributed by atoms with Gasteiger partial charge in [0.1, 0.15) is 5.75 Å². The van der Waals surface area contributed by atoms with Gasteiger partial charge in [0.15, 0.2) is 0 Å². The second kappa shape index (κ2) is 10.9. The van der Waals surface area contributed by atoms with Crippen LogP contribution in [0.15, 0.2) is 79.1 Å². The average molecular weight is 432 g/mol. The second-order valence-electron chi connectivity index (χ2n) is 8.20. The van der Waals surface area contributed by atoms with Crippen LogP contribution in [0.1, 0.15) is 16.7 Å². The lowest BCUT2D eigenvalue weighted by atomic mass is 10.1. The highest BCUT2D eigenvalue weighted by Gasteiger charge is 2.28. The van der Waals surface area contributed by atoms with E-state index < -0.39 is 0 Å². The molecule has 166 valence electrons. The van der Waals surface area contributed by atoms with Gasteiger partial charge in [-0.2, -0.15) is 0 Å². The number of carbonyl (C=O) groups excluding carboxylic acids is 1. The Morgan fingerprint density at radius 3 is 2.50 bits per heavy atom. The van der Waals surface area contributed by atoms with Gasteiger partial charge >= 0.3 is 0 Å². The number of benzene rings is 2. The van der Waals surface area contributed by atoms with Gasteiger partial charge in [-0.1, -0.05) is 42.5 Å². The van der Waals surface area contributed by atoms with Crippen molar-refractivity contribution >= 4 is 5.91 Å². The highest BCUT2D eigenvalue weighted by molar-refractivity contribution is 5.78. The zero-order chi connectivity index (χ0) is 22.2. The molecule has 1 unspecified atom stereocenters. The van der Waals surface area contributed by atoms with Gasteiger partial charge in [0.05, 0.1) is 19.3 Å². The maximum absolute atomic E-state index is 13.1. The minimum Gasteiger partial charge on any atom is -0.508 e. The molecule has 1 amide bonds. The van der Waals surface area contributed by atoms with Crippen LogP contribution in [-0.4, -0.2) is 58.1 Å². The third-order valence-electron chi connectivity index (χ3n) is 5.66. The quantitative estimate of drug-likeness (QED) is 0.593. The van der Waals surface area contributed by atoms with E-state index in [1.165, 1.54) is 5.56 Å². The van der Waals surface area contributed by atoms with Gasteiger partial charge in [0.25, 0.3) is 0 Å². The Labute approximate surface area is 189 Å². The number of carbonyl (C=O) groups is 1. The molecule has 1 saturated heterocycles. The molecule has 1 aromatic heterocycles. The van der Waals surface area contributed by atoms with Crippen molar-refractivity contribution in [1.82, 2.24) is 14.8 Å². The molecule has 1 atom stereocenters. The monoisotopic (exact) mass is 431 g/mol. The van der Waals surface area contributed by atoms with Crippen LogP contribution in [0.4, 0.5) is 0 Å². The van der Waals surface area contributed by atoms with Crippen molar-refractivity contribution in [3.63, 3.8) is 0 Å². The number of pyridine rings is 1. The summed E-state index contributed by atoms with van der Waals surface area (Å²) in [6.07, 6.45) is 4.23. The van der Waals surface area contributed by atoms with Crippen molar-refractivity contribution in [1.29, 1.82) is 0 Å². The molecule has 0 saturated carbocycles. The van der Waals surface area contributed by atoms with E-state index in [9.17, 15) is 9.90 Å². The molecule has 2 aromatic carbocycles. The number of amides is 1. The summed E-state index contributed by atoms with van der Waals surface area (Å²) in [4.78, 5) is 21.2. The van der Waals surface area contributed by atoms with Crippen LogP contribution < -0.4 is 0 Å². The van der Waals surface area contributed by atoms with Crippen molar-refractivity contribution in [2.24, 2.45) is 0 Å². The Bertz CT molecular complexity index is 997. The Morgan fingerprint density at radius 2 is 1.72 bits per heavy atom. The predicted molar refractivity (Wildman–Crippen MR) is 123 cm³/mol. The maximum Gasteiger partial charge on any atom is 0.236 e. The summed E-state index contributed by atoms with van der Waals surface area (Å²) in [5.41, 5.74) is 3.25. The first kappa shape index (κ1) is 22.0. The molecule has 1 aliphatic heterocycles. The molecule has 0 radical (unpaired) electrons. The fourth-order valence-corrected chi connectivity index (χ4v) is 4.01. The average Bonchev–Trinajstić information content (AvgIpc) is 2.95. The lowest BCUT2D eigenvalue weighted by molar-refractivity contribution is -0.131. The van der Waals surface area contributed by atoms with Crippen molar-refractivity contribution in [3.05, 3.63) is 95.8 Å². The lowest BCUT2D eigenvalue weighted by Gasteiger charge is -2.25. The summed E-state index contributed by atoms with van der Waals surface area (Å²) >= 11 is 0. The van der Waals surface area contributed by atoms with Crippen molar-refractivity contribution in [2.45, 2.75) is 25.7 Å². The number of ether oxygens (including phenoxy) is 1. The number of hydrogen-bond donors (Lipinski definition) is 1. The third kappa shape index (κ3) is 6.39. The van der Waals surface area contributed by atoms with Crippen LogP contribution >= 0.6 is 0 Å². The van der Waals surface area contributed by atoms with Crippen molar-refractivity contribution < 1.29 is 14.6 Å². The first-order chi connectivity index (χ1) is 15.7. The van der Waals surface area contributed by atoms with E-state index >= 15 is 0 Å². The van der Waals surface area contributed by atoms with Crippen LogP contribution in [0.2, 0.25) is 0 Å². The molecule has 0 aliphatic carbocycles.